The molecule has 2 atom stereocenters. The molecule has 9 nitrogen and oxygen atoms in total. The first kappa shape index (κ1) is 27.7. The first-order chi connectivity index (χ1) is 19.5. The monoisotopic (exact) mass is 585 g/mol. The van der Waals surface area contributed by atoms with Crippen LogP contribution in [-0.4, -0.2) is 36.1 Å². The summed E-state index contributed by atoms with van der Waals surface area (Å²) in [7, 11) is 0. The third-order valence-electron chi connectivity index (χ3n) is 6.13. The van der Waals surface area contributed by atoms with Gasteiger partial charge in [0.05, 0.1) is 45.9 Å². The van der Waals surface area contributed by atoms with Crippen LogP contribution in [0, 0.1) is 23.1 Å². The second-order valence-corrected chi connectivity index (χ2v) is 9.25. The van der Waals surface area contributed by atoms with Gasteiger partial charge in [-0.1, -0.05) is 22.9 Å². The largest absolute Gasteiger partial charge is 0.410 e. The molecule has 0 unspecified atom stereocenters. The van der Waals surface area contributed by atoms with Gasteiger partial charge >= 0.3 is 6.18 Å². The molecule has 0 bridgehead atoms. The van der Waals surface area contributed by atoms with Gasteiger partial charge in [0.15, 0.2) is 5.82 Å². The lowest BCUT2D eigenvalue weighted by atomic mass is 10.0. The molecule has 41 heavy (non-hydrogen) atoms. The van der Waals surface area contributed by atoms with Crippen LogP contribution in [0.5, 0.6) is 0 Å². The molecule has 0 amide bonds. The van der Waals surface area contributed by atoms with Crippen LogP contribution < -0.4 is 10.6 Å². The van der Waals surface area contributed by atoms with Crippen LogP contribution in [0.1, 0.15) is 35.8 Å². The van der Waals surface area contributed by atoms with Gasteiger partial charge in [0.25, 0.3) is 0 Å². The number of pyridine rings is 3. The Morgan fingerprint density at radius 1 is 1.07 bits per heavy atom. The SMILES string of the molecule is C[C@@H](n1cc([C@@H](Nc2cc(Cl)c3ncc(C#N)c(Nc4cnc(F)c(F)c4)c3c2)c2cccnc2)nn1)C(F)(F)F. The van der Waals surface area contributed by atoms with Crippen molar-refractivity contribution in [3.8, 4) is 6.07 Å². The summed E-state index contributed by atoms with van der Waals surface area (Å²) in [5.74, 6) is -2.48. The topological polar surface area (TPSA) is 117 Å². The van der Waals surface area contributed by atoms with Crippen LogP contribution in [-0.2, 0) is 0 Å². The number of nitriles is 1. The second kappa shape index (κ2) is 10.9. The fraction of sp³-hybridized carbons (Fsp3) is 0.154. The molecule has 15 heteroatoms. The number of halogens is 6. The smallest absolute Gasteiger partial charge is 0.373 e. The molecule has 1 aromatic carbocycles. The Balaban J connectivity index is 1.59. The minimum absolute atomic E-state index is 0.0611. The lowest BCUT2D eigenvalue weighted by molar-refractivity contribution is -0.165. The van der Waals surface area contributed by atoms with Gasteiger partial charge in [-0.15, -0.1) is 5.10 Å². The Morgan fingerprint density at radius 2 is 1.88 bits per heavy atom. The van der Waals surface area contributed by atoms with E-state index in [0.29, 0.717) is 16.6 Å². The van der Waals surface area contributed by atoms with Crippen LogP contribution in [0.4, 0.5) is 39.0 Å². The summed E-state index contributed by atoms with van der Waals surface area (Å²) in [6, 6.07) is 6.64. The minimum Gasteiger partial charge on any atom is -0.373 e. The van der Waals surface area contributed by atoms with E-state index in [-0.39, 0.29) is 33.2 Å². The van der Waals surface area contributed by atoms with E-state index in [9.17, 15) is 27.2 Å². The van der Waals surface area contributed by atoms with E-state index < -0.39 is 30.0 Å². The summed E-state index contributed by atoms with van der Waals surface area (Å²) >= 11 is 6.55. The zero-order valence-electron chi connectivity index (χ0n) is 20.8. The first-order valence-corrected chi connectivity index (χ1v) is 12.2. The zero-order chi connectivity index (χ0) is 29.3. The average molecular weight is 586 g/mol. The number of aromatic nitrogens is 6. The number of rotatable bonds is 7. The molecule has 4 heterocycles. The van der Waals surface area contributed by atoms with E-state index in [1.54, 1.807) is 18.2 Å². The summed E-state index contributed by atoms with van der Waals surface area (Å²) < 4.78 is 67.8. The molecule has 5 aromatic rings. The molecular weight excluding hydrogens is 569 g/mol. The zero-order valence-corrected chi connectivity index (χ0v) is 21.6. The van der Waals surface area contributed by atoms with Gasteiger partial charge in [-0.25, -0.2) is 14.1 Å². The van der Waals surface area contributed by atoms with E-state index >= 15 is 0 Å². The van der Waals surface area contributed by atoms with Crippen molar-refractivity contribution in [2.24, 2.45) is 0 Å². The fourth-order valence-corrected chi connectivity index (χ4v) is 4.27. The van der Waals surface area contributed by atoms with Crippen molar-refractivity contribution < 1.29 is 22.0 Å². The summed E-state index contributed by atoms with van der Waals surface area (Å²) in [6.07, 6.45) is 2.03. The highest BCUT2D eigenvalue weighted by Crippen LogP contribution is 2.37. The number of benzene rings is 1. The van der Waals surface area contributed by atoms with Crippen molar-refractivity contribution in [2.75, 3.05) is 10.6 Å². The molecular formula is C26H17ClF5N9. The lowest BCUT2D eigenvalue weighted by Crippen LogP contribution is -2.24. The summed E-state index contributed by atoms with van der Waals surface area (Å²) in [5, 5.41) is 23.9. The van der Waals surface area contributed by atoms with Gasteiger partial charge in [-0.05, 0) is 30.7 Å². The third-order valence-corrected chi connectivity index (χ3v) is 6.42. The molecule has 208 valence electrons. The van der Waals surface area contributed by atoms with E-state index in [0.717, 1.165) is 23.9 Å². The standard InChI is InChI=1S/C26H17ClF5N9/c1-13(26(30,31)32)41-12-21(39-40-41)23(14-3-2-4-34-9-14)37-16-5-18-22(38-17-7-20(28)25(29)36-11-17)15(8-33)10-35-24(18)19(27)6-16/h2-7,9-13,23,37H,1H3,(H,35,38)/t13-,23+/m1/s1. The quantitative estimate of drug-likeness (QED) is 0.164. The summed E-state index contributed by atoms with van der Waals surface area (Å²) in [4.78, 5) is 11.7. The highest BCUT2D eigenvalue weighted by Gasteiger charge is 2.38. The van der Waals surface area contributed by atoms with Crippen molar-refractivity contribution in [3.05, 3.63) is 94.9 Å². The van der Waals surface area contributed by atoms with Gasteiger partial charge < -0.3 is 10.6 Å². The van der Waals surface area contributed by atoms with E-state index in [1.165, 1.54) is 30.9 Å². The van der Waals surface area contributed by atoms with Gasteiger partial charge in [0.2, 0.25) is 5.95 Å². The number of anilines is 3. The van der Waals surface area contributed by atoms with Crippen LogP contribution >= 0.6 is 11.6 Å². The molecule has 0 aliphatic heterocycles. The molecule has 0 aliphatic rings. The van der Waals surface area contributed by atoms with Crippen molar-refractivity contribution in [3.63, 3.8) is 0 Å². The maximum atomic E-state index is 13.8. The van der Waals surface area contributed by atoms with Gasteiger partial charge in [0, 0.05) is 35.7 Å². The van der Waals surface area contributed by atoms with Crippen molar-refractivity contribution >= 4 is 39.6 Å². The van der Waals surface area contributed by atoms with E-state index in [4.69, 9.17) is 11.6 Å². The van der Waals surface area contributed by atoms with Crippen LogP contribution in [0.3, 0.4) is 0 Å². The molecule has 0 saturated carbocycles. The number of fused-ring (bicyclic) bond motifs is 1. The number of alkyl halides is 3. The predicted molar refractivity (Wildman–Crippen MR) is 139 cm³/mol. The number of nitrogens with one attached hydrogen (secondary N) is 2. The van der Waals surface area contributed by atoms with E-state index in [1.807, 2.05) is 6.07 Å². The number of hydrogen-bond acceptors (Lipinski definition) is 8. The minimum atomic E-state index is -4.54. The van der Waals surface area contributed by atoms with Gasteiger partial charge in [0.1, 0.15) is 17.8 Å². The Bertz CT molecular complexity index is 1770. The first-order valence-electron chi connectivity index (χ1n) is 11.8. The highest BCUT2D eigenvalue weighted by atomic mass is 35.5. The third kappa shape index (κ3) is 5.71. The maximum Gasteiger partial charge on any atom is 0.410 e. The molecule has 0 spiro atoms. The van der Waals surface area contributed by atoms with E-state index in [2.05, 4.69) is 35.9 Å². The summed E-state index contributed by atoms with van der Waals surface area (Å²) in [6.45, 7) is 0.963. The molecule has 4 aromatic heterocycles. The van der Waals surface area contributed by atoms with Crippen molar-refractivity contribution in [1.29, 1.82) is 5.26 Å². The number of nitrogens with zero attached hydrogens (tertiary/aromatic N) is 7. The van der Waals surface area contributed by atoms with Gasteiger partial charge in [-0.2, -0.15) is 22.8 Å². The second-order valence-electron chi connectivity index (χ2n) is 8.84. The molecule has 0 fully saturated rings. The van der Waals surface area contributed by atoms with Crippen LogP contribution in [0.2, 0.25) is 5.02 Å². The Hall–Kier alpha value is -4.90. The maximum absolute atomic E-state index is 13.8. The average Bonchev–Trinajstić information content (AvgIpc) is 3.43. The van der Waals surface area contributed by atoms with Crippen LogP contribution in [0.15, 0.2) is 61.3 Å². The number of hydrogen-bond donors (Lipinski definition) is 2. The fourth-order valence-electron chi connectivity index (χ4n) is 4.00. The van der Waals surface area contributed by atoms with Gasteiger partial charge in [-0.3, -0.25) is 9.97 Å². The molecule has 0 radical (unpaired) electrons. The Morgan fingerprint density at radius 3 is 2.56 bits per heavy atom. The Kier molecular flexibility index (Phi) is 7.38. The molecule has 5 rings (SSSR count). The molecule has 0 aliphatic carbocycles. The lowest BCUT2D eigenvalue weighted by Gasteiger charge is -2.20. The van der Waals surface area contributed by atoms with Crippen molar-refractivity contribution in [2.45, 2.75) is 25.2 Å². The summed E-state index contributed by atoms with van der Waals surface area (Å²) in [5.41, 5.74) is 1.72. The van der Waals surface area contributed by atoms with Crippen molar-refractivity contribution in [1.82, 2.24) is 29.9 Å². The normalized spacial score (nSPS) is 13.0. The molecule has 2 N–H and O–H groups in total. The van der Waals surface area contributed by atoms with Crippen LogP contribution in [0.25, 0.3) is 10.9 Å². The predicted octanol–water partition coefficient (Wildman–Crippen LogP) is 6.49. The molecule has 0 saturated heterocycles. The Labute approximate surface area is 233 Å². The highest BCUT2D eigenvalue weighted by molar-refractivity contribution is 6.36.